The summed E-state index contributed by atoms with van der Waals surface area (Å²) in [5, 5.41) is 0. The van der Waals surface area contributed by atoms with Gasteiger partial charge in [0.15, 0.2) is 0 Å². The highest BCUT2D eigenvalue weighted by Crippen LogP contribution is 2.29. The lowest BCUT2D eigenvalue weighted by Crippen LogP contribution is -2.45. The van der Waals surface area contributed by atoms with E-state index in [4.69, 9.17) is 10.6 Å². The Bertz CT molecular complexity index is 460. The number of hydrogen-bond donors (Lipinski definition) is 2. The first-order valence-electron chi connectivity index (χ1n) is 8.00. The molecule has 110 valence electrons. The minimum absolute atomic E-state index is 0.321. The predicted octanol–water partition coefficient (Wildman–Crippen LogP) is 2.36. The Morgan fingerprint density at radius 3 is 3.00 bits per heavy atom. The summed E-state index contributed by atoms with van der Waals surface area (Å²) in [5.74, 6) is 6.36. The van der Waals surface area contributed by atoms with Crippen molar-refractivity contribution < 1.29 is 4.74 Å². The average molecular weight is 274 g/mol. The molecule has 1 aromatic carbocycles. The van der Waals surface area contributed by atoms with Crippen LogP contribution in [0.2, 0.25) is 0 Å². The standard InChI is InChI=1S/C17H26N2O/c1-2-17-15(8-9-20-17)16(19-18)11-12-6-7-13-4-3-5-14(13)10-12/h6-7,10,15-17,19H,2-5,8-9,11,18H2,1H3. The molecule has 1 aromatic rings. The zero-order valence-electron chi connectivity index (χ0n) is 12.4. The van der Waals surface area contributed by atoms with Crippen LogP contribution in [0.4, 0.5) is 0 Å². The second-order valence-electron chi connectivity index (χ2n) is 6.20. The van der Waals surface area contributed by atoms with Crippen LogP contribution < -0.4 is 11.3 Å². The first kappa shape index (κ1) is 14.1. The van der Waals surface area contributed by atoms with Crippen molar-refractivity contribution in [1.29, 1.82) is 0 Å². The Kier molecular flexibility index (Phi) is 4.39. The van der Waals surface area contributed by atoms with Gasteiger partial charge in [-0.25, -0.2) is 0 Å². The van der Waals surface area contributed by atoms with E-state index in [-0.39, 0.29) is 0 Å². The molecular weight excluding hydrogens is 248 g/mol. The topological polar surface area (TPSA) is 47.3 Å². The summed E-state index contributed by atoms with van der Waals surface area (Å²) in [6.07, 6.45) is 7.38. The highest BCUT2D eigenvalue weighted by atomic mass is 16.5. The molecule has 3 N–H and O–H groups in total. The van der Waals surface area contributed by atoms with Crippen molar-refractivity contribution in [3.05, 3.63) is 34.9 Å². The Balaban J connectivity index is 1.71. The Hall–Kier alpha value is -0.900. The van der Waals surface area contributed by atoms with Gasteiger partial charge in [0.1, 0.15) is 0 Å². The van der Waals surface area contributed by atoms with Crippen molar-refractivity contribution in [1.82, 2.24) is 5.43 Å². The lowest BCUT2D eigenvalue weighted by Gasteiger charge is -2.26. The molecule has 1 aliphatic heterocycles. The molecule has 1 saturated heterocycles. The highest BCUT2D eigenvalue weighted by molar-refractivity contribution is 5.35. The van der Waals surface area contributed by atoms with Gasteiger partial charge >= 0.3 is 0 Å². The Morgan fingerprint density at radius 1 is 1.35 bits per heavy atom. The third kappa shape index (κ3) is 2.76. The van der Waals surface area contributed by atoms with Gasteiger partial charge in [0.25, 0.3) is 0 Å². The van der Waals surface area contributed by atoms with Crippen LogP contribution in [0.5, 0.6) is 0 Å². The van der Waals surface area contributed by atoms with E-state index < -0.39 is 0 Å². The van der Waals surface area contributed by atoms with Gasteiger partial charge in [-0.2, -0.15) is 0 Å². The molecule has 3 rings (SSSR count). The third-order valence-electron chi connectivity index (χ3n) is 5.01. The van der Waals surface area contributed by atoms with E-state index in [0.717, 1.165) is 25.9 Å². The monoisotopic (exact) mass is 274 g/mol. The minimum atomic E-state index is 0.321. The Labute approximate surface area is 121 Å². The quantitative estimate of drug-likeness (QED) is 0.640. The fourth-order valence-corrected chi connectivity index (χ4v) is 3.89. The van der Waals surface area contributed by atoms with Crippen LogP contribution in [0.25, 0.3) is 0 Å². The molecule has 1 heterocycles. The van der Waals surface area contributed by atoms with Crippen molar-refractivity contribution in [3.63, 3.8) is 0 Å². The maximum Gasteiger partial charge on any atom is 0.0617 e. The molecule has 0 saturated carbocycles. The fourth-order valence-electron chi connectivity index (χ4n) is 3.89. The molecule has 3 atom stereocenters. The van der Waals surface area contributed by atoms with E-state index in [0.29, 0.717) is 18.1 Å². The van der Waals surface area contributed by atoms with Gasteiger partial charge in [0, 0.05) is 18.6 Å². The van der Waals surface area contributed by atoms with E-state index in [9.17, 15) is 0 Å². The number of ether oxygens (including phenoxy) is 1. The lowest BCUT2D eigenvalue weighted by atomic mass is 9.87. The van der Waals surface area contributed by atoms with Crippen LogP contribution in [-0.2, 0) is 24.0 Å². The van der Waals surface area contributed by atoms with Crippen LogP contribution in [-0.4, -0.2) is 18.8 Å². The molecule has 3 heteroatoms. The average Bonchev–Trinajstić information content (AvgIpc) is 3.12. The van der Waals surface area contributed by atoms with E-state index in [1.165, 1.54) is 24.8 Å². The largest absolute Gasteiger partial charge is 0.378 e. The highest BCUT2D eigenvalue weighted by Gasteiger charge is 2.33. The number of aryl methyl sites for hydroxylation is 2. The summed E-state index contributed by atoms with van der Waals surface area (Å²) in [6, 6.07) is 7.31. The smallest absolute Gasteiger partial charge is 0.0617 e. The number of fused-ring (bicyclic) bond motifs is 1. The zero-order chi connectivity index (χ0) is 13.9. The van der Waals surface area contributed by atoms with Gasteiger partial charge in [0.2, 0.25) is 0 Å². The number of nitrogens with one attached hydrogen (secondary N) is 1. The molecule has 3 nitrogen and oxygen atoms in total. The molecule has 0 amide bonds. The molecule has 20 heavy (non-hydrogen) atoms. The number of nitrogens with two attached hydrogens (primary N) is 1. The number of benzene rings is 1. The van der Waals surface area contributed by atoms with E-state index in [1.54, 1.807) is 11.1 Å². The second-order valence-corrected chi connectivity index (χ2v) is 6.20. The van der Waals surface area contributed by atoms with Gasteiger partial charge in [-0.15, -0.1) is 0 Å². The van der Waals surface area contributed by atoms with Crippen LogP contribution in [0.1, 0.15) is 42.9 Å². The molecule has 1 fully saturated rings. The van der Waals surface area contributed by atoms with E-state index >= 15 is 0 Å². The van der Waals surface area contributed by atoms with Crippen molar-refractivity contribution >= 4 is 0 Å². The molecule has 0 spiro atoms. The second kappa shape index (κ2) is 6.25. The number of hydrogen-bond acceptors (Lipinski definition) is 3. The first-order valence-corrected chi connectivity index (χ1v) is 8.00. The van der Waals surface area contributed by atoms with E-state index in [1.807, 2.05) is 0 Å². The summed E-state index contributed by atoms with van der Waals surface area (Å²) in [5.41, 5.74) is 7.55. The summed E-state index contributed by atoms with van der Waals surface area (Å²) >= 11 is 0. The maximum atomic E-state index is 5.82. The van der Waals surface area contributed by atoms with Crippen LogP contribution >= 0.6 is 0 Å². The molecule has 0 radical (unpaired) electrons. The molecular formula is C17H26N2O. The third-order valence-corrected chi connectivity index (χ3v) is 5.01. The van der Waals surface area contributed by atoms with Gasteiger partial charge in [-0.3, -0.25) is 11.3 Å². The summed E-state index contributed by atoms with van der Waals surface area (Å²) in [4.78, 5) is 0. The summed E-state index contributed by atoms with van der Waals surface area (Å²) in [7, 11) is 0. The molecule has 0 bridgehead atoms. The Morgan fingerprint density at radius 2 is 2.20 bits per heavy atom. The van der Waals surface area contributed by atoms with Crippen molar-refractivity contribution in [2.24, 2.45) is 11.8 Å². The van der Waals surface area contributed by atoms with Crippen molar-refractivity contribution in [3.8, 4) is 0 Å². The summed E-state index contributed by atoms with van der Waals surface area (Å²) in [6.45, 7) is 3.08. The van der Waals surface area contributed by atoms with Gasteiger partial charge in [-0.1, -0.05) is 25.1 Å². The van der Waals surface area contributed by atoms with Gasteiger partial charge in [0.05, 0.1) is 6.10 Å². The minimum Gasteiger partial charge on any atom is -0.378 e. The number of rotatable bonds is 5. The van der Waals surface area contributed by atoms with Crippen LogP contribution in [0.15, 0.2) is 18.2 Å². The fraction of sp³-hybridized carbons (Fsp3) is 0.647. The SMILES string of the molecule is CCC1OCCC1C(Cc1ccc2c(c1)CCC2)NN. The van der Waals surface area contributed by atoms with Crippen LogP contribution in [0, 0.1) is 5.92 Å². The number of hydrazine groups is 1. The zero-order valence-corrected chi connectivity index (χ0v) is 12.4. The molecule has 1 aliphatic carbocycles. The normalized spacial score (nSPS) is 26.7. The van der Waals surface area contributed by atoms with Gasteiger partial charge in [-0.05, 0) is 55.2 Å². The van der Waals surface area contributed by atoms with E-state index in [2.05, 4.69) is 30.5 Å². The van der Waals surface area contributed by atoms with Crippen molar-refractivity contribution in [2.75, 3.05) is 6.61 Å². The van der Waals surface area contributed by atoms with Crippen LogP contribution in [0.3, 0.4) is 0 Å². The van der Waals surface area contributed by atoms with Gasteiger partial charge < -0.3 is 4.74 Å². The molecule has 0 aromatic heterocycles. The summed E-state index contributed by atoms with van der Waals surface area (Å²) < 4.78 is 5.81. The molecule has 2 aliphatic rings. The lowest BCUT2D eigenvalue weighted by molar-refractivity contribution is 0.0775. The van der Waals surface area contributed by atoms with Crippen molar-refractivity contribution in [2.45, 2.75) is 57.6 Å². The predicted molar refractivity (Wildman–Crippen MR) is 81.4 cm³/mol. The first-order chi connectivity index (χ1) is 9.81. The maximum absolute atomic E-state index is 5.82. The molecule has 3 unspecified atom stereocenters.